The van der Waals surface area contributed by atoms with E-state index in [2.05, 4.69) is 23.3 Å². The SMILES string of the molecule is CNC(c1cc(C)cnc1N)C1CSCCS1. The van der Waals surface area contributed by atoms with Crippen molar-refractivity contribution in [2.75, 3.05) is 30.0 Å². The van der Waals surface area contributed by atoms with Crippen LogP contribution in [0.3, 0.4) is 0 Å². The van der Waals surface area contributed by atoms with Crippen molar-refractivity contribution in [3.63, 3.8) is 0 Å². The molecule has 0 bridgehead atoms. The topological polar surface area (TPSA) is 50.9 Å². The minimum absolute atomic E-state index is 0.306. The lowest BCUT2D eigenvalue weighted by molar-refractivity contribution is 0.592. The first kappa shape index (κ1) is 13.1. The van der Waals surface area contributed by atoms with Gasteiger partial charge in [-0.15, -0.1) is 0 Å². The second-order valence-corrected chi connectivity index (χ2v) is 6.73. The van der Waals surface area contributed by atoms with Crippen molar-refractivity contribution < 1.29 is 0 Å². The summed E-state index contributed by atoms with van der Waals surface area (Å²) in [7, 11) is 2.01. The summed E-state index contributed by atoms with van der Waals surface area (Å²) in [5.41, 5.74) is 8.32. The molecule has 3 N–H and O–H groups in total. The fraction of sp³-hybridized carbons (Fsp3) is 0.583. The van der Waals surface area contributed by atoms with E-state index in [9.17, 15) is 0 Å². The second-order valence-electron chi connectivity index (χ2n) is 4.24. The Kier molecular flexibility index (Phi) is 4.59. The van der Waals surface area contributed by atoms with Crippen LogP contribution < -0.4 is 11.1 Å². The van der Waals surface area contributed by atoms with Crippen molar-refractivity contribution in [3.8, 4) is 0 Å². The highest BCUT2D eigenvalue weighted by molar-refractivity contribution is 8.06. The summed E-state index contributed by atoms with van der Waals surface area (Å²) in [4.78, 5) is 4.26. The molecule has 0 amide bonds. The number of nitrogen functional groups attached to an aromatic ring is 1. The molecule has 5 heteroatoms. The Labute approximate surface area is 111 Å². The molecule has 1 aromatic heterocycles. The number of aromatic nitrogens is 1. The van der Waals surface area contributed by atoms with Gasteiger partial charge in [0.2, 0.25) is 0 Å². The molecular weight excluding hydrogens is 250 g/mol. The number of rotatable bonds is 3. The predicted octanol–water partition coefficient (Wildman–Crippen LogP) is 2.08. The minimum atomic E-state index is 0.306. The average Bonchev–Trinajstić information content (AvgIpc) is 2.36. The Morgan fingerprint density at radius 1 is 1.53 bits per heavy atom. The Balaban J connectivity index is 2.24. The van der Waals surface area contributed by atoms with E-state index in [4.69, 9.17) is 5.73 Å². The Bertz CT molecular complexity index is 378. The summed E-state index contributed by atoms with van der Waals surface area (Å²) >= 11 is 4.07. The van der Waals surface area contributed by atoms with Gasteiger partial charge in [-0.1, -0.05) is 0 Å². The summed E-state index contributed by atoms with van der Waals surface area (Å²) in [5, 5.41) is 3.99. The molecule has 2 rings (SSSR count). The number of thioether (sulfide) groups is 2. The van der Waals surface area contributed by atoms with Crippen LogP contribution in [0.25, 0.3) is 0 Å². The van der Waals surface area contributed by atoms with Crippen LogP contribution in [0.5, 0.6) is 0 Å². The average molecular weight is 269 g/mol. The molecule has 2 atom stereocenters. The van der Waals surface area contributed by atoms with Gasteiger partial charge in [0.05, 0.1) is 0 Å². The van der Waals surface area contributed by atoms with Gasteiger partial charge in [-0.25, -0.2) is 4.98 Å². The van der Waals surface area contributed by atoms with E-state index in [1.807, 2.05) is 36.8 Å². The van der Waals surface area contributed by atoms with E-state index in [-0.39, 0.29) is 0 Å². The zero-order chi connectivity index (χ0) is 12.3. The van der Waals surface area contributed by atoms with Crippen molar-refractivity contribution in [2.24, 2.45) is 0 Å². The van der Waals surface area contributed by atoms with Crippen LogP contribution in [-0.2, 0) is 0 Å². The number of nitrogens with one attached hydrogen (secondary N) is 1. The Hall–Kier alpha value is -0.390. The van der Waals surface area contributed by atoms with E-state index in [1.54, 1.807) is 0 Å². The second kappa shape index (κ2) is 5.98. The van der Waals surface area contributed by atoms with Gasteiger partial charge in [-0.05, 0) is 25.6 Å². The summed E-state index contributed by atoms with van der Waals surface area (Å²) in [5.74, 6) is 4.33. The van der Waals surface area contributed by atoms with Crippen LogP contribution in [-0.4, -0.2) is 34.5 Å². The number of hydrogen-bond donors (Lipinski definition) is 2. The molecule has 2 heterocycles. The van der Waals surface area contributed by atoms with Crippen molar-refractivity contribution in [2.45, 2.75) is 18.2 Å². The highest BCUT2D eigenvalue weighted by Crippen LogP contribution is 2.35. The number of pyridine rings is 1. The molecule has 1 aromatic rings. The minimum Gasteiger partial charge on any atom is -0.383 e. The summed E-state index contributed by atoms with van der Waals surface area (Å²) < 4.78 is 0. The number of nitrogens with zero attached hydrogens (tertiary/aromatic N) is 1. The molecule has 3 nitrogen and oxygen atoms in total. The predicted molar refractivity (Wildman–Crippen MR) is 78.8 cm³/mol. The fourth-order valence-electron chi connectivity index (χ4n) is 2.09. The van der Waals surface area contributed by atoms with Crippen LogP contribution in [0.1, 0.15) is 17.2 Å². The first-order valence-corrected chi connectivity index (χ1v) is 8.01. The molecule has 0 saturated carbocycles. The maximum absolute atomic E-state index is 6.01. The van der Waals surface area contributed by atoms with E-state index in [0.29, 0.717) is 17.1 Å². The van der Waals surface area contributed by atoms with E-state index < -0.39 is 0 Å². The van der Waals surface area contributed by atoms with Gasteiger partial charge in [0.25, 0.3) is 0 Å². The molecule has 0 spiro atoms. The van der Waals surface area contributed by atoms with Gasteiger partial charge in [0.15, 0.2) is 0 Å². The molecule has 0 radical (unpaired) electrons. The van der Waals surface area contributed by atoms with Crippen molar-refractivity contribution in [1.82, 2.24) is 10.3 Å². The Morgan fingerprint density at radius 3 is 3.00 bits per heavy atom. The molecular formula is C12H19N3S2. The number of anilines is 1. The van der Waals surface area contributed by atoms with E-state index in [1.165, 1.54) is 22.8 Å². The van der Waals surface area contributed by atoms with Gasteiger partial charge < -0.3 is 11.1 Å². The molecule has 0 aromatic carbocycles. The lowest BCUT2D eigenvalue weighted by Gasteiger charge is -2.30. The van der Waals surface area contributed by atoms with Gasteiger partial charge in [0, 0.05) is 40.3 Å². The largest absolute Gasteiger partial charge is 0.383 e. The van der Waals surface area contributed by atoms with Gasteiger partial charge in [-0.3, -0.25) is 0 Å². The third-order valence-corrected chi connectivity index (χ3v) is 5.81. The third kappa shape index (κ3) is 3.09. The van der Waals surface area contributed by atoms with Crippen molar-refractivity contribution >= 4 is 29.3 Å². The molecule has 17 heavy (non-hydrogen) atoms. The number of hydrogen-bond acceptors (Lipinski definition) is 5. The lowest BCUT2D eigenvalue weighted by Crippen LogP contribution is -2.32. The standard InChI is InChI=1S/C12H19N3S2/c1-8-5-9(12(13)15-6-8)11(14-2)10-7-16-3-4-17-10/h5-6,10-11,14H,3-4,7H2,1-2H3,(H2,13,15). The molecule has 94 valence electrons. The highest BCUT2D eigenvalue weighted by Gasteiger charge is 2.26. The maximum Gasteiger partial charge on any atom is 0.128 e. The Morgan fingerprint density at radius 2 is 2.35 bits per heavy atom. The fourth-order valence-corrected chi connectivity index (χ4v) is 4.99. The third-order valence-electron chi connectivity index (χ3n) is 2.95. The lowest BCUT2D eigenvalue weighted by atomic mass is 10.0. The van der Waals surface area contributed by atoms with Gasteiger partial charge in [0.1, 0.15) is 5.82 Å². The van der Waals surface area contributed by atoms with Crippen molar-refractivity contribution in [3.05, 3.63) is 23.4 Å². The zero-order valence-corrected chi connectivity index (χ0v) is 11.9. The smallest absolute Gasteiger partial charge is 0.128 e. The van der Waals surface area contributed by atoms with Gasteiger partial charge in [-0.2, -0.15) is 23.5 Å². The molecule has 1 saturated heterocycles. The monoisotopic (exact) mass is 269 g/mol. The van der Waals surface area contributed by atoms with Crippen LogP contribution in [0.15, 0.2) is 12.3 Å². The normalized spacial score (nSPS) is 22.4. The number of nitrogens with two attached hydrogens (primary N) is 1. The van der Waals surface area contributed by atoms with E-state index >= 15 is 0 Å². The van der Waals surface area contributed by atoms with Crippen LogP contribution in [0.2, 0.25) is 0 Å². The highest BCUT2D eigenvalue weighted by atomic mass is 32.2. The molecule has 2 unspecified atom stereocenters. The quantitative estimate of drug-likeness (QED) is 0.880. The first-order chi connectivity index (χ1) is 8.22. The molecule has 1 aliphatic rings. The van der Waals surface area contributed by atoms with Crippen molar-refractivity contribution in [1.29, 1.82) is 0 Å². The maximum atomic E-state index is 6.01. The summed E-state index contributed by atoms with van der Waals surface area (Å²) in [6.07, 6.45) is 1.83. The van der Waals surface area contributed by atoms with Crippen LogP contribution in [0, 0.1) is 6.92 Å². The van der Waals surface area contributed by atoms with E-state index in [0.717, 1.165) is 5.56 Å². The zero-order valence-electron chi connectivity index (χ0n) is 10.3. The molecule has 1 fully saturated rings. The number of aryl methyl sites for hydroxylation is 1. The summed E-state index contributed by atoms with van der Waals surface area (Å²) in [6.45, 7) is 2.06. The first-order valence-electron chi connectivity index (χ1n) is 5.81. The van der Waals surface area contributed by atoms with Gasteiger partial charge >= 0.3 is 0 Å². The van der Waals surface area contributed by atoms with Crippen LogP contribution in [0.4, 0.5) is 5.82 Å². The molecule has 0 aliphatic carbocycles. The van der Waals surface area contributed by atoms with Crippen LogP contribution >= 0.6 is 23.5 Å². The summed E-state index contributed by atoms with van der Waals surface area (Å²) in [6, 6.07) is 2.46. The molecule has 1 aliphatic heterocycles.